The third-order valence-corrected chi connectivity index (χ3v) is 5.21. The van der Waals surface area contributed by atoms with Gasteiger partial charge in [-0.25, -0.2) is 9.78 Å². The van der Waals surface area contributed by atoms with Crippen molar-refractivity contribution in [3.63, 3.8) is 0 Å². The molecule has 10 heteroatoms. The Morgan fingerprint density at radius 1 is 1.21 bits per heavy atom. The highest BCUT2D eigenvalue weighted by Crippen LogP contribution is 2.18. The van der Waals surface area contributed by atoms with Gasteiger partial charge >= 0.3 is 5.69 Å². The number of imidazole rings is 1. The maximum atomic E-state index is 12.9. The van der Waals surface area contributed by atoms with Crippen LogP contribution in [0.1, 0.15) is 12.8 Å². The molecule has 152 valence electrons. The summed E-state index contributed by atoms with van der Waals surface area (Å²) in [7, 11) is 2.96. The molecule has 0 bridgehead atoms. The van der Waals surface area contributed by atoms with Crippen molar-refractivity contribution in [1.29, 1.82) is 0 Å². The molecule has 1 amide bonds. The zero-order chi connectivity index (χ0) is 20.5. The maximum Gasteiger partial charge on any atom is 0.332 e. The number of fused-ring (bicyclic) bond motifs is 1. The maximum absolute atomic E-state index is 12.9. The Hall–Kier alpha value is -3.43. The number of rotatable bonds is 4. The van der Waals surface area contributed by atoms with E-state index in [1.54, 1.807) is 36.5 Å². The van der Waals surface area contributed by atoms with Crippen LogP contribution >= 0.6 is 0 Å². The molecule has 1 atom stereocenters. The SMILES string of the molecule is Cn1c(=O)c2c(ncn2CC(=O)N2CCCC(Oc3ccncc3)C2)n(C)c1=O. The second-order valence-corrected chi connectivity index (χ2v) is 7.16. The fourth-order valence-electron chi connectivity index (χ4n) is 3.63. The van der Waals surface area contributed by atoms with Gasteiger partial charge in [-0.3, -0.25) is 23.7 Å². The average molecular weight is 398 g/mol. The topological polar surface area (TPSA) is 104 Å². The number of likely N-dealkylation sites (tertiary alicyclic amines) is 1. The molecule has 3 aromatic heterocycles. The third kappa shape index (κ3) is 3.53. The first-order valence-corrected chi connectivity index (χ1v) is 9.41. The summed E-state index contributed by atoms with van der Waals surface area (Å²) in [6, 6.07) is 3.58. The van der Waals surface area contributed by atoms with Crippen LogP contribution in [-0.2, 0) is 25.4 Å². The van der Waals surface area contributed by atoms with Gasteiger partial charge in [0, 0.05) is 33.0 Å². The molecule has 1 unspecified atom stereocenters. The molecule has 0 N–H and O–H groups in total. The largest absolute Gasteiger partial charge is 0.488 e. The van der Waals surface area contributed by atoms with E-state index in [0.717, 1.165) is 23.2 Å². The van der Waals surface area contributed by atoms with Gasteiger partial charge in [0.25, 0.3) is 5.56 Å². The normalized spacial score (nSPS) is 16.9. The van der Waals surface area contributed by atoms with Crippen LogP contribution in [0.5, 0.6) is 5.75 Å². The summed E-state index contributed by atoms with van der Waals surface area (Å²) >= 11 is 0. The Labute approximate surface area is 166 Å². The molecule has 0 saturated carbocycles. The molecule has 3 aromatic rings. The van der Waals surface area contributed by atoms with Crippen molar-refractivity contribution in [3.8, 4) is 5.75 Å². The lowest BCUT2D eigenvalue weighted by Crippen LogP contribution is -2.45. The lowest BCUT2D eigenvalue weighted by Gasteiger charge is -2.33. The van der Waals surface area contributed by atoms with Crippen molar-refractivity contribution in [2.24, 2.45) is 14.1 Å². The Kier molecular flexibility index (Phi) is 4.91. The molecule has 1 aliphatic rings. The number of piperidine rings is 1. The summed E-state index contributed by atoms with van der Waals surface area (Å²) < 4.78 is 9.79. The lowest BCUT2D eigenvalue weighted by molar-refractivity contribution is -0.134. The lowest BCUT2D eigenvalue weighted by atomic mass is 10.1. The first kappa shape index (κ1) is 18.9. The van der Waals surface area contributed by atoms with Gasteiger partial charge in [-0.1, -0.05) is 0 Å². The molecule has 0 spiro atoms. The van der Waals surface area contributed by atoms with Crippen molar-refractivity contribution in [2.75, 3.05) is 13.1 Å². The number of aromatic nitrogens is 5. The number of aryl methyl sites for hydroxylation is 1. The van der Waals surface area contributed by atoms with Crippen molar-refractivity contribution >= 4 is 17.1 Å². The van der Waals surface area contributed by atoms with Crippen LogP contribution < -0.4 is 16.0 Å². The summed E-state index contributed by atoms with van der Waals surface area (Å²) in [6.45, 7) is 1.09. The molecule has 1 saturated heterocycles. The second-order valence-electron chi connectivity index (χ2n) is 7.16. The summed E-state index contributed by atoms with van der Waals surface area (Å²) in [5.74, 6) is 0.604. The molecule has 1 fully saturated rings. The summed E-state index contributed by atoms with van der Waals surface area (Å²) in [6.07, 6.45) is 6.37. The summed E-state index contributed by atoms with van der Waals surface area (Å²) in [5, 5.41) is 0. The van der Waals surface area contributed by atoms with Gasteiger partial charge in [-0.2, -0.15) is 0 Å². The molecular weight excluding hydrogens is 376 g/mol. The van der Waals surface area contributed by atoms with E-state index in [4.69, 9.17) is 4.74 Å². The molecular formula is C19H22N6O4. The van der Waals surface area contributed by atoms with Crippen LogP contribution in [0, 0.1) is 0 Å². The molecule has 10 nitrogen and oxygen atoms in total. The van der Waals surface area contributed by atoms with Crippen LogP contribution in [0.2, 0.25) is 0 Å². The molecule has 0 aromatic carbocycles. The number of ether oxygens (including phenoxy) is 1. The Morgan fingerprint density at radius 2 is 1.97 bits per heavy atom. The van der Waals surface area contributed by atoms with E-state index in [1.165, 1.54) is 22.5 Å². The number of pyridine rings is 1. The minimum Gasteiger partial charge on any atom is -0.488 e. The zero-order valence-electron chi connectivity index (χ0n) is 16.3. The minimum absolute atomic E-state index is 0.0219. The van der Waals surface area contributed by atoms with Gasteiger partial charge in [-0.15, -0.1) is 0 Å². The second kappa shape index (κ2) is 7.53. The van der Waals surface area contributed by atoms with E-state index in [-0.39, 0.29) is 29.7 Å². The number of carbonyl (C=O) groups is 1. The zero-order valence-corrected chi connectivity index (χ0v) is 16.3. The number of hydrogen-bond donors (Lipinski definition) is 0. The molecule has 0 aliphatic carbocycles. The average Bonchev–Trinajstić information content (AvgIpc) is 3.15. The fourth-order valence-corrected chi connectivity index (χ4v) is 3.63. The molecule has 29 heavy (non-hydrogen) atoms. The van der Waals surface area contributed by atoms with E-state index >= 15 is 0 Å². The van der Waals surface area contributed by atoms with E-state index in [0.29, 0.717) is 13.1 Å². The predicted molar refractivity (Wildman–Crippen MR) is 105 cm³/mol. The number of carbonyl (C=O) groups excluding carboxylic acids is 1. The smallest absolute Gasteiger partial charge is 0.332 e. The fraction of sp³-hybridized carbons (Fsp3) is 0.421. The van der Waals surface area contributed by atoms with Crippen LogP contribution in [0.3, 0.4) is 0 Å². The van der Waals surface area contributed by atoms with E-state index in [2.05, 4.69) is 9.97 Å². The quantitative estimate of drug-likeness (QED) is 0.608. The number of nitrogens with zero attached hydrogens (tertiary/aromatic N) is 6. The molecule has 1 aliphatic heterocycles. The molecule has 0 radical (unpaired) electrons. The summed E-state index contributed by atoms with van der Waals surface area (Å²) in [5.41, 5.74) is -0.412. The Balaban J connectivity index is 1.52. The van der Waals surface area contributed by atoms with Gasteiger partial charge < -0.3 is 14.2 Å². The third-order valence-electron chi connectivity index (χ3n) is 5.21. The van der Waals surface area contributed by atoms with Crippen molar-refractivity contribution < 1.29 is 9.53 Å². The monoisotopic (exact) mass is 398 g/mol. The highest BCUT2D eigenvalue weighted by molar-refractivity contribution is 5.79. The minimum atomic E-state index is -0.467. The summed E-state index contributed by atoms with van der Waals surface area (Å²) in [4.78, 5) is 47.4. The van der Waals surface area contributed by atoms with E-state index < -0.39 is 11.2 Å². The first-order chi connectivity index (χ1) is 14.0. The number of amides is 1. The highest BCUT2D eigenvalue weighted by atomic mass is 16.5. The van der Waals surface area contributed by atoms with Gasteiger partial charge in [0.1, 0.15) is 18.4 Å². The van der Waals surface area contributed by atoms with Crippen molar-refractivity contribution in [3.05, 3.63) is 51.7 Å². The van der Waals surface area contributed by atoms with Gasteiger partial charge in [0.05, 0.1) is 12.9 Å². The predicted octanol–water partition coefficient (Wildman–Crippen LogP) is -0.101. The van der Waals surface area contributed by atoms with Gasteiger partial charge in [0.15, 0.2) is 11.2 Å². The van der Waals surface area contributed by atoms with Crippen LogP contribution in [-0.4, -0.2) is 53.7 Å². The number of hydrogen-bond acceptors (Lipinski definition) is 6. The first-order valence-electron chi connectivity index (χ1n) is 9.41. The van der Waals surface area contributed by atoms with Gasteiger partial charge in [0.2, 0.25) is 5.91 Å². The highest BCUT2D eigenvalue weighted by Gasteiger charge is 2.26. The molecule has 4 rings (SSSR count). The van der Waals surface area contributed by atoms with E-state index in [1.807, 2.05) is 0 Å². The van der Waals surface area contributed by atoms with Crippen molar-refractivity contribution in [2.45, 2.75) is 25.5 Å². The van der Waals surface area contributed by atoms with E-state index in [9.17, 15) is 14.4 Å². The van der Waals surface area contributed by atoms with Crippen LogP contribution in [0.4, 0.5) is 0 Å². The van der Waals surface area contributed by atoms with Crippen LogP contribution in [0.15, 0.2) is 40.4 Å². The standard InChI is InChI=1S/C19H22N6O4/c1-22-17-16(18(27)23(2)19(22)28)25(12-21-17)11-15(26)24-9-3-4-14(10-24)29-13-5-7-20-8-6-13/h5-8,12,14H,3-4,9-11H2,1-2H3. The van der Waals surface area contributed by atoms with Crippen molar-refractivity contribution in [1.82, 2.24) is 28.6 Å². The van der Waals surface area contributed by atoms with Gasteiger partial charge in [-0.05, 0) is 25.0 Å². The molecule has 4 heterocycles. The Morgan fingerprint density at radius 3 is 2.72 bits per heavy atom. The Bertz CT molecular complexity index is 1160. The van der Waals surface area contributed by atoms with Crippen LogP contribution in [0.25, 0.3) is 11.2 Å².